The largest absolute Gasteiger partial charge is 0.311 e. The van der Waals surface area contributed by atoms with E-state index in [0.717, 1.165) is 4.90 Å². The maximum atomic E-state index is 14.0. The predicted octanol–water partition coefficient (Wildman–Crippen LogP) is 0.175. The quantitative estimate of drug-likeness (QED) is 0.616. The van der Waals surface area contributed by atoms with E-state index < -0.39 is 48.2 Å². The molecule has 10 heteroatoms. The number of amides is 4. The fraction of sp³-hybridized carbons (Fsp3) is 0.474. The second kappa shape index (κ2) is 7.27. The Balaban J connectivity index is 1.56. The lowest BCUT2D eigenvalue weighted by atomic mass is 9.99. The van der Waals surface area contributed by atoms with E-state index in [-0.39, 0.29) is 36.9 Å². The van der Waals surface area contributed by atoms with E-state index in [1.54, 1.807) is 12.1 Å². The summed E-state index contributed by atoms with van der Waals surface area (Å²) in [6, 6.07) is 2.55. The van der Waals surface area contributed by atoms with Gasteiger partial charge in [0.25, 0.3) is 17.7 Å². The van der Waals surface area contributed by atoms with E-state index in [1.165, 1.54) is 6.07 Å². The molecule has 0 bridgehead atoms. The summed E-state index contributed by atoms with van der Waals surface area (Å²) in [5, 5.41) is 7.60. The van der Waals surface area contributed by atoms with Crippen LogP contribution in [0.25, 0.3) is 0 Å². The number of alkyl halides is 2. The minimum Gasteiger partial charge on any atom is -0.311 e. The number of fused-ring (bicyclic) bond motifs is 1. The number of piperidine rings is 2. The van der Waals surface area contributed by atoms with Crippen LogP contribution in [0.3, 0.4) is 0 Å². The van der Waals surface area contributed by atoms with Crippen LogP contribution < -0.4 is 16.0 Å². The van der Waals surface area contributed by atoms with Crippen LogP contribution >= 0.6 is 0 Å². The first kappa shape index (κ1) is 19.6. The molecule has 2 unspecified atom stereocenters. The van der Waals surface area contributed by atoms with Gasteiger partial charge in [0.2, 0.25) is 11.8 Å². The molecule has 3 N–H and O–H groups in total. The average Bonchev–Trinajstić information content (AvgIpc) is 2.92. The van der Waals surface area contributed by atoms with Crippen molar-refractivity contribution in [2.45, 2.75) is 43.8 Å². The molecule has 8 nitrogen and oxygen atoms in total. The summed E-state index contributed by atoms with van der Waals surface area (Å²) < 4.78 is 28.1. The molecule has 2 saturated heterocycles. The molecule has 1 aromatic rings. The van der Waals surface area contributed by atoms with Gasteiger partial charge in [-0.15, -0.1) is 0 Å². The van der Waals surface area contributed by atoms with Gasteiger partial charge in [-0.05, 0) is 31.0 Å². The Bertz CT molecular complexity index is 904. The molecule has 0 radical (unpaired) electrons. The molecule has 29 heavy (non-hydrogen) atoms. The molecule has 1 aromatic carbocycles. The van der Waals surface area contributed by atoms with E-state index in [2.05, 4.69) is 16.0 Å². The van der Waals surface area contributed by atoms with Gasteiger partial charge in [-0.3, -0.25) is 29.4 Å². The van der Waals surface area contributed by atoms with Gasteiger partial charge < -0.3 is 10.6 Å². The van der Waals surface area contributed by atoms with Crippen LogP contribution in [0.15, 0.2) is 18.2 Å². The minimum absolute atomic E-state index is 0.00829. The third-order valence-electron chi connectivity index (χ3n) is 5.57. The van der Waals surface area contributed by atoms with Crippen LogP contribution in [0.4, 0.5) is 8.78 Å². The van der Waals surface area contributed by atoms with Crippen molar-refractivity contribution in [1.82, 2.24) is 20.9 Å². The molecule has 3 heterocycles. The van der Waals surface area contributed by atoms with Gasteiger partial charge in [-0.2, -0.15) is 0 Å². The van der Waals surface area contributed by atoms with Crippen molar-refractivity contribution in [3.8, 4) is 0 Å². The van der Waals surface area contributed by atoms with Gasteiger partial charge in [-0.1, -0.05) is 12.1 Å². The molecule has 0 spiro atoms. The average molecular weight is 406 g/mol. The van der Waals surface area contributed by atoms with Crippen molar-refractivity contribution >= 4 is 23.6 Å². The highest BCUT2D eigenvalue weighted by molar-refractivity contribution is 6.24. The van der Waals surface area contributed by atoms with E-state index >= 15 is 0 Å². The molecule has 4 amide bonds. The number of nitrogens with one attached hydrogen (secondary N) is 3. The van der Waals surface area contributed by atoms with Crippen LogP contribution in [0.5, 0.6) is 0 Å². The van der Waals surface area contributed by atoms with Crippen molar-refractivity contribution in [1.29, 1.82) is 0 Å². The van der Waals surface area contributed by atoms with Gasteiger partial charge in [0.05, 0.1) is 23.7 Å². The fourth-order valence-corrected chi connectivity index (χ4v) is 4.05. The number of hydrogen-bond donors (Lipinski definition) is 3. The zero-order valence-electron chi connectivity index (χ0n) is 15.5. The number of nitrogens with zero attached hydrogens (tertiary/aromatic N) is 1. The van der Waals surface area contributed by atoms with E-state index in [0.29, 0.717) is 12.1 Å². The molecule has 4 rings (SSSR count). The van der Waals surface area contributed by atoms with Crippen LogP contribution in [-0.2, 0) is 16.1 Å². The van der Waals surface area contributed by atoms with Gasteiger partial charge in [0.1, 0.15) is 6.04 Å². The lowest BCUT2D eigenvalue weighted by Crippen LogP contribution is -2.55. The number of carbonyl (C=O) groups is 4. The Hall–Kier alpha value is -2.72. The molecule has 2 atom stereocenters. The SMILES string of the molecule is O=C1CCC(N2C(=O)c3cccc(CNC4CCNCC4(F)F)c3C2=O)C(=O)N1. The third kappa shape index (κ3) is 3.42. The fourth-order valence-electron chi connectivity index (χ4n) is 4.05. The summed E-state index contributed by atoms with van der Waals surface area (Å²) >= 11 is 0. The summed E-state index contributed by atoms with van der Waals surface area (Å²) in [6.45, 7) is 0.0325. The predicted molar refractivity (Wildman–Crippen MR) is 96.2 cm³/mol. The smallest absolute Gasteiger partial charge is 0.275 e. The molecular formula is C19H20F2N4O4. The number of carbonyl (C=O) groups excluding carboxylic acids is 4. The summed E-state index contributed by atoms with van der Waals surface area (Å²) in [5.41, 5.74) is 0.674. The normalized spacial score (nSPS) is 26.5. The standard InChI is InChI=1S/C19H20F2N4O4/c20-19(21)9-22-7-6-13(19)23-8-10-2-1-3-11-15(10)18(29)25(17(11)28)12-4-5-14(26)24-16(12)27/h1-3,12-13,22-23H,4-9H2,(H,24,26,27). The number of benzene rings is 1. The zero-order chi connectivity index (χ0) is 20.8. The monoisotopic (exact) mass is 406 g/mol. The Labute approximate surface area is 165 Å². The van der Waals surface area contributed by atoms with Crippen molar-refractivity contribution in [2.24, 2.45) is 0 Å². The Morgan fingerprint density at radius 3 is 2.66 bits per heavy atom. The highest BCUT2D eigenvalue weighted by Gasteiger charge is 2.46. The van der Waals surface area contributed by atoms with Crippen LogP contribution in [0, 0.1) is 0 Å². The van der Waals surface area contributed by atoms with E-state index in [9.17, 15) is 28.0 Å². The lowest BCUT2D eigenvalue weighted by molar-refractivity contribution is -0.136. The Kier molecular flexibility index (Phi) is 4.91. The number of halogens is 2. The Morgan fingerprint density at radius 1 is 1.14 bits per heavy atom. The summed E-state index contributed by atoms with van der Waals surface area (Å²) in [6.07, 6.45) is 0.325. The molecule has 2 fully saturated rings. The summed E-state index contributed by atoms with van der Waals surface area (Å²) in [5.74, 6) is -5.32. The first-order valence-corrected chi connectivity index (χ1v) is 9.45. The van der Waals surface area contributed by atoms with Crippen LogP contribution in [0.1, 0.15) is 45.5 Å². The van der Waals surface area contributed by atoms with Crippen LogP contribution in [0.2, 0.25) is 0 Å². The van der Waals surface area contributed by atoms with Gasteiger partial charge in [-0.25, -0.2) is 8.78 Å². The lowest BCUT2D eigenvalue weighted by Gasteiger charge is -2.32. The topological polar surface area (TPSA) is 108 Å². The summed E-state index contributed by atoms with van der Waals surface area (Å²) in [7, 11) is 0. The van der Waals surface area contributed by atoms with E-state index in [4.69, 9.17) is 0 Å². The van der Waals surface area contributed by atoms with Crippen molar-refractivity contribution in [3.63, 3.8) is 0 Å². The van der Waals surface area contributed by atoms with Gasteiger partial charge in [0.15, 0.2) is 0 Å². The first-order chi connectivity index (χ1) is 13.8. The van der Waals surface area contributed by atoms with E-state index in [1.807, 2.05) is 0 Å². The summed E-state index contributed by atoms with van der Waals surface area (Å²) in [4.78, 5) is 50.1. The number of imide groups is 2. The van der Waals surface area contributed by atoms with Gasteiger partial charge in [0, 0.05) is 13.0 Å². The minimum atomic E-state index is -2.92. The molecule has 3 aliphatic rings. The highest BCUT2D eigenvalue weighted by Crippen LogP contribution is 2.30. The van der Waals surface area contributed by atoms with Gasteiger partial charge >= 0.3 is 0 Å². The van der Waals surface area contributed by atoms with Crippen LogP contribution in [-0.4, -0.2) is 59.6 Å². The molecule has 0 aliphatic carbocycles. The maximum Gasteiger partial charge on any atom is 0.275 e. The van der Waals surface area contributed by atoms with Crippen molar-refractivity contribution in [2.75, 3.05) is 13.1 Å². The zero-order valence-corrected chi connectivity index (χ0v) is 15.5. The van der Waals surface area contributed by atoms with Crippen molar-refractivity contribution < 1.29 is 28.0 Å². The molecule has 0 saturated carbocycles. The second-order valence-electron chi connectivity index (χ2n) is 7.45. The third-order valence-corrected chi connectivity index (χ3v) is 5.57. The molecular weight excluding hydrogens is 386 g/mol. The molecule has 0 aromatic heterocycles. The molecule has 3 aliphatic heterocycles. The maximum absolute atomic E-state index is 14.0. The Morgan fingerprint density at radius 2 is 1.93 bits per heavy atom. The number of rotatable bonds is 4. The first-order valence-electron chi connectivity index (χ1n) is 9.45. The second-order valence-corrected chi connectivity index (χ2v) is 7.45. The number of hydrogen-bond acceptors (Lipinski definition) is 6. The molecule has 154 valence electrons. The highest BCUT2D eigenvalue weighted by atomic mass is 19.3. The van der Waals surface area contributed by atoms with Crippen molar-refractivity contribution in [3.05, 3.63) is 34.9 Å².